The third-order valence-electron chi connectivity index (χ3n) is 3.26. The van der Waals surface area contributed by atoms with E-state index >= 15 is 0 Å². The number of hydrogen-bond donors (Lipinski definition) is 4. The van der Waals surface area contributed by atoms with Crippen LogP contribution in [0.2, 0.25) is 0 Å². The molecule has 2 rings (SSSR count). The summed E-state index contributed by atoms with van der Waals surface area (Å²) in [5, 5.41) is 36.1. The molecule has 8 heteroatoms. The van der Waals surface area contributed by atoms with Crippen LogP contribution >= 0.6 is 0 Å². The Bertz CT molecular complexity index is 975. The molecule has 2 aromatic rings. The predicted molar refractivity (Wildman–Crippen MR) is 86.7 cm³/mol. The Morgan fingerprint density at radius 3 is 1.54 bits per heavy atom. The van der Waals surface area contributed by atoms with Gasteiger partial charge in [0.1, 0.15) is 0 Å². The van der Waals surface area contributed by atoms with Crippen LogP contribution in [0.3, 0.4) is 0 Å². The van der Waals surface area contributed by atoms with Crippen molar-refractivity contribution in [3.63, 3.8) is 0 Å². The summed E-state index contributed by atoms with van der Waals surface area (Å²) in [4.78, 5) is 44.3. The minimum Gasteiger partial charge on any atom is -0.478 e. The van der Waals surface area contributed by atoms with Crippen LogP contribution in [0.25, 0.3) is 0 Å². The summed E-state index contributed by atoms with van der Waals surface area (Å²) >= 11 is 0. The first kappa shape index (κ1) is 18.2. The first-order valence-corrected chi connectivity index (χ1v) is 6.93. The Hall–Kier alpha value is -4.12. The zero-order valence-electron chi connectivity index (χ0n) is 12.9. The highest BCUT2D eigenvalue weighted by Crippen LogP contribution is 2.14. The Labute approximate surface area is 146 Å². The van der Waals surface area contributed by atoms with E-state index in [0.29, 0.717) is 0 Å². The Kier molecular flexibility index (Phi) is 5.04. The maximum atomic E-state index is 11.1. The van der Waals surface area contributed by atoms with Gasteiger partial charge in [-0.3, -0.25) is 0 Å². The molecule has 0 heterocycles. The van der Waals surface area contributed by atoms with Gasteiger partial charge in [-0.25, -0.2) is 19.2 Å². The van der Waals surface area contributed by atoms with Crippen molar-refractivity contribution in [2.75, 3.05) is 0 Å². The monoisotopic (exact) mass is 354 g/mol. The molecule has 0 atom stereocenters. The molecule has 0 bridgehead atoms. The second-order valence-electron chi connectivity index (χ2n) is 5.03. The summed E-state index contributed by atoms with van der Waals surface area (Å²) in [6.07, 6.45) is 0. The molecule has 0 saturated carbocycles. The number of carboxylic acids is 4. The van der Waals surface area contributed by atoms with E-state index in [1.54, 1.807) is 0 Å². The lowest BCUT2D eigenvalue weighted by Gasteiger charge is -2.02. The lowest BCUT2D eigenvalue weighted by atomic mass is 10.0. The molecule has 0 radical (unpaired) electrons. The fourth-order valence-corrected chi connectivity index (χ4v) is 2.08. The quantitative estimate of drug-likeness (QED) is 0.608. The Balaban J connectivity index is 2.51. The number of carbonyl (C=O) groups is 4. The average molecular weight is 354 g/mol. The van der Waals surface area contributed by atoms with Crippen LogP contribution in [-0.4, -0.2) is 44.3 Å². The van der Waals surface area contributed by atoms with Crippen LogP contribution in [0.1, 0.15) is 52.6 Å². The maximum absolute atomic E-state index is 11.1. The molecule has 130 valence electrons. The molecule has 26 heavy (non-hydrogen) atoms. The van der Waals surface area contributed by atoms with Crippen LogP contribution in [0.15, 0.2) is 36.4 Å². The van der Waals surface area contributed by atoms with Gasteiger partial charge in [-0.15, -0.1) is 0 Å². The van der Waals surface area contributed by atoms with E-state index in [1.807, 2.05) is 0 Å². The van der Waals surface area contributed by atoms with Crippen molar-refractivity contribution in [3.05, 3.63) is 69.8 Å². The molecular formula is C18H10O8. The Morgan fingerprint density at radius 1 is 0.577 bits per heavy atom. The first-order valence-electron chi connectivity index (χ1n) is 6.93. The van der Waals surface area contributed by atoms with E-state index in [9.17, 15) is 19.2 Å². The SMILES string of the molecule is O=C(O)c1cc(C#Cc2ccc(C(=O)O)c(C(=O)O)c2)cc(C(=O)O)c1. The van der Waals surface area contributed by atoms with Gasteiger partial charge >= 0.3 is 23.9 Å². The molecule has 2 aromatic carbocycles. The van der Waals surface area contributed by atoms with Gasteiger partial charge in [0.05, 0.1) is 22.3 Å². The first-order chi connectivity index (χ1) is 12.2. The van der Waals surface area contributed by atoms with E-state index in [2.05, 4.69) is 11.8 Å². The Morgan fingerprint density at radius 2 is 1.08 bits per heavy atom. The van der Waals surface area contributed by atoms with Crippen molar-refractivity contribution in [2.45, 2.75) is 0 Å². The molecule has 0 amide bonds. The minimum atomic E-state index is -1.44. The van der Waals surface area contributed by atoms with Crippen molar-refractivity contribution >= 4 is 23.9 Å². The standard InChI is InChI=1S/C18H10O8/c19-15(20)11-5-10(6-12(8-11)16(21)22)2-1-9-3-4-13(17(23)24)14(7-9)18(25)26/h3-8H,(H,19,20)(H,21,22)(H,23,24)(H,25,26). The normalized spacial score (nSPS) is 9.69. The van der Waals surface area contributed by atoms with Gasteiger partial charge in [0, 0.05) is 11.1 Å². The van der Waals surface area contributed by atoms with Gasteiger partial charge in [-0.05, 0) is 36.4 Å². The van der Waals surface area contributed by atoms with Gasteiger partial charge in [0.2, 0.25) is 0 Å². The summed E-state index contributed by atoms with van der Waals surface area (Å²) < 4.78 is 0. The number of benzene rings is 2. The molecule has 8 nitrogen and oxygen atoms in total. The fraction of sp³-hybridized carbons (Fsp3) is 0. The zero-order chi connectivity index (χ0) is 19.4. The van der Waals surface area contributed by atoms with Crippen LogP contribution in [0, 0.1) is 11.8 Å². The average Bonchev–Trinajstić information content (AvgIpc) is 2.59. The summed E-state index contributed by atoms with van der Waals surface area (Å²) in [6, 6.07) is 6.78. The minimum absolute atomic E-state index is 0.0986. The molecule has 0 aromatic heterocycles. The van der Waals surface area contributed by atoms with E-state index in [-0.39, 0.29) is 22.3 Å². The predicted octanol–water partition coefficient (Wildman–Crippen LogP) is 1.88. The summed E-state index contributed by atoms with van der Waals surface area (Å²) in [7, 11) is 0. The third-order valence-corrected chi connectivity index (χ3v) is 3.26. The van der Waals surface area contributed by atoms with Gasteiger partial charge in [0.15, 0.2) is 0 Å². The molecule has 0 saturated heterocycles. The maximum Gasteiger partial charge on any atom is 0.336 e. The second-order valence-corrected chi connectivity index (χ2v) is 5.03. The highest BCUT2D eigenvalue weighted by Gasteiger charge is 2.16. The molecule has 0 aliphatic carbocycles. The second kappa shape index (κ2) is 7.19. The highest BCUT2D eigenvalue weighted by atomic mass is 16.4. The molecule has 0 fully saturated rings. The summed E-state index contributed by atoms with van der Waals surface area (Å²) in [5.74, 6) is -0.375. The number of rotatable bonds is 4. The number of hydrogen-bond acceptors (Lipinski definition) is 4. The van der Waals surface area contributed by atoms with Gasteiger partial charge in [-0.2, -0.15) is 0 Å². The van der Waals surface area contributed by atoms with Crippen molar-refractivity contribution in [1.82, 2.24) is 0 Å². The van der Waals surface area contributed by atoms with Crippen LogP contribution in [-0.2, 0) is 0 Å². The van der Waals surface area contributed by atoms with Gasteiger partial charge in [0.25, 0.3) is 0 Å². The molecule has 0 spiro atoms. The van der Waals surface area contributed by atoms with E-state index < -0.39 is 35.0 Å². The fourth-order valence-electron chi connectivity index (χ4n) is 2.08. The lowest BCUT2D eigenvalue weighted by Crippen LogP contribution is -2.08. The lowest BCUT2D eigenvalue weighted by molar-refractivity contribution is 0.0651. The van der Waals surface area contributed by atoms with Crippen molar-refractivity contribution in [3.8, 4) is 11.8 Å². The van der Waals surface area contributed by atoms with E-state index in [4.69, 9.17) is 20.4 Å². The summed E-state index contributed by atoms with van der Waals surface area (Å²) in [5.41, 5.74) is -1.10. The van der Waals surface area contributed by atoms with E-state index in [1.165, 1.54) is 18.2 Å². The number of carboxylic acid groups (broad SMARTS) is 4. The zero-order valence-corrected chi connectivity index (χ0v) is 12.9. The highest BCUT2D eigenvalue weighted by molar-refractivity contribution is 6.02. The van der Waals surface area contributed by atoms with Crippen LogP contribution in [0.5, 0.6) is 0 Å². The van der Waals surface area contributed by atoms with Crippen molar-refractivity contribution in [2.24, 2.45) is 0 Å². The smallest absolute Gasteiger partial charge is 0.336 e. The largest absolute Gasteiger partial charge is 0.478 e. The van der Waals surface area contributed by atoms with Crippen LogP contribution < -0.4 is 0 Å². The molecule has 0 aliphatic heterocycles. The number of aromatic carboxylic acids is 4. The third kappa shape index (κ3) is 4.04. The van der Waals surface area contributed by atoms with Gasteiger partial charge in [-0.1, -0.05) is 11.8 Å². The molecule has 0 aliphatic rings. The molecule has 4 N–H and O–H groups in total. The van der Waals surface area contributed by atoms with Crippen LogP contribution in [0.4, 0.5) is 0 Å². The van der Waals surface area contributed by atoms with Crippen molar-refractivity contribution < 1.29 is 39.6 Å². The van der Waals surface area contributed by atoms with Gasteiger partial charge < -0.3 is 20.4 Å². The topological polar surface area (TPSA) is 149 Å². The molecule has 0 unspecified atom stereocenters. The molecular weight excluding hydrogens is 344 g/mol. The summed E-state index contributed by atoms with van der Waals surface area (Å²) in [6.45, 7) is 0. The van der Waals surface area contributed by atoms with Crippen molar-refractivity contribution in [1.29, 1.82) is 0 Å². The van der Waals surface area contributed by atoms with E-state index in [0.717, 1.165) is 18.2 Å².